The number of rotatable bonds is 8. The highest BCUT2D eigenvalue weighted by Gasteiger charge is 2.01. The van der Waals surface area contributed by atoms with Crippen molar-refractivity contribution in [2.24, 2.45) is 0 Å². The summed E-state index contributed by atoms with van der Waals surface area (Å²) in [6.45, 7) is 0. The second kappa shape index (κ2) is 8.49. The minimum Gasteiger partial charge on any atom is -0.288 e. The first-order chi connectivity index (χ1) is 10.3. The molecular formula is C17H16O2S2. The molecule has 0 unspecified atom stereocenters. The van der Waals surface area contributed by atoms with Gasteiger partial charge >= 0.3 is 0 Å². The van der Waals surface area contributed by atoms with Gasteiger partial charge in [-0.05, 0) is 54.3 Å². The number of allylic oxidation sites excluding steroid dienone is 4. The summed E-state index contributed by atoms with van der Waals surface area (Å²) in [5, 5.41) is 3.80. The van der Waals surface area contributed by atoms with E-state index in [9.17, 15) is 9.59 Å². The first kappa shape index (κ1) is 15.6. The summed E-state index contributed by atoms with van der Waals surface area (Å²) in [7, 11) is 0. The molecule has 0 amide bonds. The predicted octanol–water partition coefficient (Wildman–Crippen LogP) is 5.16. The molecule has 0 saturated heterocycles. The van der Waals surface area contributed by atoms with E-state index in [1.807, 2.05) is 47.2 Å². The maximum absolute atomic E-state index is 11.7. The van der Waals surface area contributed by atoms with Gasteiger partial charge in [-0.15, -0.1) is 22.7 Å². The van der Waals surface area contributed by atoms with E-state index in [2.05, 4.69) is 0 Å². The Labute approximate surface area is 132 Å². The molecule has 21 heavy (non-hydrogen) atoms. The van der Waals surface area contributed by atoms with Gasteiger partial charge in [0.1, 0.15) is 0 Å². The molecule has 2 rings (SSSR count). The third-order valence-electron chi connectivity index (χ3n) is 2.81. The fraction of sp³-hybridized carbons (Fsp3) is 0.176. The van der Waals surface area contributed by atoms with E-state index in [1.165, 1.54) is 22.7 Å². The molecule has 0 fully saturated rings. The van der Waals surface area contributed by atoms with Gasteiger partial charge < -0.3 is 0 Å². The topological polar surface area (TPSA) is 34.1 Å². The van der Waals surface area contributed by atoms with Crippen molar-refractivity contribution in [1.82, 2.24) is 0 Å². The van der Waals surface area contributed by atoms with E-state index in [0.29, 0.717) is 0 Å². The minimum absolute atomic E-state index is 0.0633. The zero-order valence-corrected chi connectivity index (χ0v) is 13.2. The predicted molar refractivity (Wildman–Crippen MR) is 89.4 cm³/mol. The van der Waals surface area contributed by atoms with Crippen LogP contribution in [0.15, 0.2) is 59.3 Å². The lowest BCUT2D eigenvalue weighted by atomic mass is 10.2. The highest BCUT2D eigenvalue weighted by molar-refractivity contribution is 7.12. The summed E-state index contributed by atoms with van der Waals surface area (Å²) < 4.78 is 0. The Bertz CT molecular complexity index is 564. The van der Waals surface area contributed by atoms with Crippen LogP contribution in [0.3, 0.4) is 0 Å². The Kier molecular flexibility index (Phi) is 6.31. The van der Waals surface area contributed by atoms with Gasteiger partial charge in [-0.2, -0.15) is 0 Å². The second-order valence-electron chi connectivity index (χ2n) is 4.42. The molecule has 2 nitrogen and oxygen atoms in total. The zero-order valence-electron chi connectivity index (χ0n) is 11.5. The molecule has 0 aliphatic carbocycles. The van der Waals surface area contributed by atoms with Gasteiger partial charge in [0.25, 0.3) is 0 Å². The van der Waals surface area contributed by atoms with E-state index < -0.39 is 0 Å². The Morgan fingerprint density at radius 3 is 1.71 bits per heavy atom. The molecule has 108 valence electrons. The van der Waals surface area contributed by atoms with Crippen LogP contribution >= 0.6 is 22.7 Å². The Morgan fingerprint density at radius 1 is 0.857 bits per heavy atom. The monoisotopic (exact) mass is 316 g/mol. The van der Waals surface area contributed by atoms with Crippen LogP contribution in [0.2, 0.25) is 0 Å². The van der Waals surface area contributed by atoms with Crippen LogP contribution in [0.25, 0.3) is 0 Å². The van der Waals surface area contributed by atoms with Crippen molar-refractivity contribution >= 4 is 34.2 Å². The van der Waals surface area contributed by atoms with E-state index >= 15 is 0 Å². The van der Waals surface area contributed by atoms with Crippen molar-refractivity contribution < 1.29 is 9.59 Å². The number of ketones is 2. The van der Waals surface area contributed by atoms with Gasteiger partial charge in [0, 0.05) is 0 Å². The summed E-state index contributed by atoms with van der Waals surface area (Å²) in [4.78, 5) is 24.9. The maximum atomic E-state index is 11.7. The average molecular weight is 316 g/mol. The highest BCUT2D eigenvalue weighted by Crippen LogP contribution is 2.11. The molecule has 0 aliphatic rings. The van der Waals surface area contributed by atoms with Crippen LogP contribution in [0.1, 0.15) is 38.6 Å². The highest BCUT2D eigenvalue weighted by atomic mass is 32.1. The van der Waals surface area contributed by atoms with Crippen LogP contribution in [0, 0.1) is 0 Å². The molecule has 0 spiro atoms. The number of unbranched alkanes of at least 4 members (excludes halogenated alkanes) is 2. The summed E-state index contributed by atoms with van der Waals surface area (Å²) in [5.74, 6) is 0.127. The fourth-order valence-electron chi connectivity index (χ4n) is 1.74. The molecule has 4 heteroatoms. The van der Waals surface area contributed by atoms with Gasteiger partial charge in [0.05, 0.1) is 9.75 Å². The lowest BCUT2D eigenvalue weighted by molar-refractivity contribution is 0.104. The second-order valence-corrected chi connectivity index (χ2v) is 6.31. The smallest absolute Gasteiger partial charge is 0.195 e. The van der Waals surface area contributed by atoms with Crippen molar-refractivity contribution in [2.45, 2.75) is 19.3 Å². The first-order valence-electron chi connectivity index (χ1n) is 6.76. The van der Waals surface area contributed by atoms with Gasteiger partial charge in [0.2, 0.25) is 0 Å². The molecular weight excluding hydrogens is 300 g/mol. The van der Waals surface area contributed by atoms with Gasteiger partial charge in [-0.3, -0.25) is 9.59 Å². The SMILES string of the molecule is O=C(/C=C/CCC/C=C/C(=O)c1cccs1)c1cccs1. The van der Waals surface area contributed by atoms with E-state index in [0.717, 1.165) is 29.0 Å². The molecule has 0 radical (unpaired) electrons. The van der Waals surface area contributed by atoms with Crippen LogP contribution in [0.5, 0.6) is 0 Å². The van der Waals surface area contributed by atoms with Crippen LogP contribution in [0.4, 0.5) is 0 Å². The maximum Gasteiger partial charge on any atom is 0.195 e. The summed E-state index contributed by atoms with van der Waals surface area (Å²) >= 11 is 2.91. The van der Waals surface area contributed by atoms with Crippen molar-refractivity contribution in [1.29, 1.82) is 0 Å². The Hall–Kier alpha value is -1.78. The Balaban J connectivity index is 1.64. The molecule has 2 aromatic rings. The third-order valence-corrected chi connectivity index (χ3v) is 4.58. The van der Waals surface area contributed by atoms with Crippen molar-refractivity contribution in [2.75, 3.05) is 0 Å². The van der Waals surface area contributed by atoms with Gasteiger partial charge in [0.15, 0.2) is 11.6 Å². The number of carbonyl (C=O) groups is 2. The molecule has 0 bridgehead atoms. The zero-order chi connectivity index (χ0) is 14.9. The van der Waals surface area contributed by atoms with Crippen molar-refractivity contribution in [3.63, 3.8) is 0 Å². The third kappa shape index (κ3) is 5.25. The molecule has 0 aliphatic heterocycles. The first-order valence-corrected chi connectivity index (χ1v) is 8.52. The molecule has 0 N–H and O–H groups in total. The lowest BCUT2D eigenvalue weighted by Gasteiger charge is -1.92. The van der Waals surface area contributed by atoms with E-state index in [4.69, 9.17) is 0 Å². The van der Waals surface area contributed by atoms with Crippen molar-refractivity contribution in [3.8, 4) is 0 Å². The van der Waals surface area contributed by atoms with Crippen LogP contribution < -0.4 is 0 Å². The number of hydrogen-bond acceptors (Lipinski definition) is 4. The van der Waals surface area contributed by atoms with Crippen molar-refractivity contribution in [3.05, 3.63) is 69.1 Å². The van der Waals surface area contributed by atoms with Crippen LogP contribution in [-0.2, 0) is 0 Å². The molecule has 0 atom stereocenters. The quantitative estimate of drug-likeness (QED) is 0.383. The summed E-state index contributed by atoms with van der Waals surface area (Å²) in [6, 6.07) is 7.41. The largest absolute Gasteiger partial charge is 0.288 e. The molecule has 2 heterocycles. The van der Waals surface area contributed by atoms with Crippen LogP contribution in [-0.4, -0.2) is 11.6 Å². The molecule has 0 saturated carbocycles. The number of thiophene rings is 2. The van der Waals surface area contributed by atoms with E-state index in [1.54, 1.807) is 12.2 Å². The lowest BCUT2D eigenvalue weighted by Crippen LogP contribution is -1.89. The Morgan fingerprint density at radius 2 is 1.33 bits per heavy atom. The average Bonchev–Trinajstić information content (AvgIpc) is 3.18. The summed E-state index contributed by atoms with van der Waals surface area (Å²) in [6.07, 6.45) is 9.68. The number of carbonyl (C=O) groups excluding carboxylic acids is 2. The van der Waals surface area contributed by atoms with Gasteiger partial charge in [-0.1, -0.05) is 24.3 Å². The van der Waals surface area contributed by atoms with E-state index in [-0.39, 0.29) is 11.6 Å². The molecule has 0 aromatic carbocycles. The number of hydrogen-bond donors (Lipinski definition) is 0. The fourth-order valence-corrected chi connectivity index (χ4v) is 3.03. The van der Waals surface area contributed by atoms with Gasteiger partial charge in [-0.25, -0.2) is 0 Å². The normalized spacial score (nSPS) is 11.4. The summed E-state index contributed by atoms with van der Waals surface area (Å²) in [5.41, 5.74) is 0. The standard InChI is InChI=1S/C17H16O2S2/c18-14(16-10-6-12-20-16)8-4-2-1-3-5-9-15(19)17-11-7-13-21-17/h4-13H,1-3H2/b8-4+,9-5+. The molecule has 2 aromatic heterocycles. The minimum atomic E-state index is 0.0633.